The number of hydrogen-bond donors (Lipinski definition) is 2. The van der Waals surface area contributed by atoms with Crippen LogP contribution < -0.4 is 15.5 Å². The molecular formula is C15H25N5O2. The second-order valence-electron chi connectivity index (χ2n) is 5.88. The van der Waals surface area contributed by atoms with Crippen LogP contribution in [-0.2, 0) is 4.74 Å². The molecule has 7 heteroatoms. The highest BCUT2D eigenvalue weighted by atomic mass is 16.5. The van der Waals surface area contributed by atoms with E-state index in [1.54, 1.807) is 0 Å². The third kappa shape index (κ3) is 4.47. The monoisotopic (exact) mass is 307 g/mol. The third-order valence-corrected chi connectivity index (χ3v) is 3.87. The quantitative estimate of drug-likeness (QED) is 0.885. The lowest BCUT2D eigenvalue weighted by atomic mass is 9.91. The van der Waals surface area contributed by atoms with Crippen LogP contribution in [0.3, 0.4) is 0 Å². The summed E-state index contributed by atoms with van der Waals surface area (Å²) in [6, 6.07) is 2.54. The van der Waals surface area contributed by atoms with Gasteiger partial charge in [-0.1, -0.05) is 0 Å². The van der Waals surface area contributed by atoms with Gasteiger partial charge in [0.1, 0.15) is 17.5 Å². The molecule has 1 saturated carbocycles. The van der Waals surface area contributed by atoms with Crippen LogP contribution in [0.15, 0.2) is 6.07 Å². The van der Waals surface area contributed by atoms with Gasteiger partial charge in [0.05, 0.1) is 7.11 Å². The van der Waals surface area contributed by atoms with Gasteiger partial charge in [0.15, 0.2) is 0 Å². The summed E-state index contributed by atoms with van der Waals surface area (Å²) in [4.78, 5) is 22.0. The molecule has 22 heavy (non-hydrogen) atoms. The average Bonchev–Trinajstić information content (AvgIpc) is 2.48. The molecule has 0 aliphatic heterocycles. The first-order chi connectivity index (χ1) is 10.5. The molecule has 0 aromatic carbocycles. The number of rotatable bonds is 4. The largest absolute Gasteiger partial charge is 0.453 e. The van der Waals surface area contributed by atoms with Gasteiger partial charge in [0.2, 0.25) is 0 Å². The molecule has 122 valence electrons. The minimum Gasteiger partial charge on any atom is -0.453 e. The number of aromatic nitrogens is 2. The number of alkyl carbamates (subject to hydrolysis) is 1. The average molecular weight is 307 g/mol. The number of amides is 1. The maximum atomic E-state index is 11.2. The standard InChI is InChI=1S/C15H25N5O2/c1-10-16-13(9-14(17-10)20(2)3)18-11-5-7-12(8-6-11)19-15(21)22-4/h9,11-12H,5-8H2,1-4H3,(H,19,21)(H,16,17,18). The fourth-order valence-electron chi connectivity index (χ4n) is 2.67. The Kier molecular flexibility index (Phi) is 5.41. The van der Waals surface area contributed by atoms with E-state index >= 15 is 0 Å². The van der Waals surface area contributed by atoms with Gasteiger partial charge in [-0.3, -0.25) is 0 Å². The van der Waals surface area contributed by atoms with E-state index in [2.05, 4.69) is 25.3 Å². The van der Waals surface area contributed by atoms with Gasteiger partial charge in [-0.25, -0.2) is 14.8 Å². The summed E-state index contributed by atoms with van der Waals surface area (Å²) >= 11 is 0. The predicted octanol–water partition coefficient (Wildman–Crippen LogP) is 1.93. The van der Waals surface area contributed by atoms with Crippen molar-refractivity contribution in [1.82, 2.24) is 15.3 Å². The first-order valence-electron chi connectivity index (χ1n) is 7.62. The van der Waals surface area contributed by atoms with Crippen LogP contribution in [0, 0.1) is 6.92 Å². The van der Waals surface area contributed by atoms with Crippen LogP contribution in [0.1, 0.15) is 31.5 Å². The summed E-state index contributed by atoms with van der Waals surface area (Å²) in [5, 5.41) is 6.35. The Bertz CT molecular complexity index is 513. The zero-order valence-electron chi connectivity index (χ0n) is 13.7. The Morgan fingerprint density at radius 3 is 2.45 bits per heavy atom. The highest BCUT2D eigenvalue weighted by Gasteiger charge is 2.23. The van der Waals surface area contributed by atoms with Gasteiger partial charge in [-0.2, -0.15) is 0 Å². The van der Waals surface area contributed by atoms with Gasteiger partial charge in [-0.05, 0) is 32.6 Å². The Labute approximate surface area is 131 Å². The number of carbonyl (C=O) groups excluding carboxylic acids is 1. The van der Waals surface area contributed by atoms with Crippen molar-refractivity contribution in [1.29, 1.82) is 0 Å². The molecule has 1 aromatic heterocycles. The van der Waals surface area contributed by atoms with Crippen LogP contribution in [0.4, 0.5) is 16.4 Å². The van der Waals surface area contributed by atoms with E-state index < -0.39 is 0 Å². The van der Waals surface area contributed by atoms with Gasteiger partial charge in [0, 0.05) is 32.2 Å². The minimum absolute atomic E-state index is 0.204. The molecular weight excluding hydrogens is 282 g/mol. The SMILES string of the molecule is COC(=O)NC1CCC(Nc2cc(N(C)C)nc(C)n2)CC1. The van der Waals surface area contributed by atoms with Crippen molar-refractivity contribution in [2.45, 2.75) is 44.7 Å². The number of nitrogens with one attached hydrogen (secondary N) is 2. The van der Waals surface area contributed by atoms with E-state index in [1.165, 1.54) is 7.11 Å². The molecule has 1 aromatic rings. The van der Waals surface area contributed by atoms with Crippen molar-refractivity contribution < 1.29 is 9.53 Å². The van der Waals surface area contributed by atoms with Gasteiger partial charge >= 0.3 is 6.09 Å². The topological polar surface area (TPSA) is 79.4 Å². The summed E-state index contributed by atoms with van der Waals surface area (Å²) in [5.41, 5.74) is 0. The second kappa shape index (κ2) is 7.29. The van der Waals surface area contributed by atoms with E-state index in [4.69, 9.17) is 0 Å². The van der Waals surface area contributed by atoms with E-state index in [9.17, 15) is 4.79 Å². The number of methoxy groups -OCH3 is 1. The van der Waals surface area contributed by atoms with Gasteiger partial charge in [0.25, 0.3) is 0 Å². The molecule has 2 rings (SSSR count). The summed E-state index contributed by atoms with van der Waals surface area (Å²) in [5.74, 6) is 2.52. The highest BCUT2D eigenvalue weighted by molar-refractivity contribution is 5.67. The molecule has 0 saturated heterocycles. The molecule has 0 atom stereocenters. The van der Waals surface area contributed by atoms with Crippen LogP contribution in [0.5, 0.6) is 0 Å². The van der Waals surface area contributed by atoms with Crippen LogP contribution >= 0.6 is 0 Å². The molecule has 1 aliphatic carbocycles. The number of hydrogen-bond acceptors (Lipinski definition) is 6. The molecule has 0 bridgehead atoms. The second-order valence-corrected chi connectivity index (χ2v) is 5.88. The molecule has 0 spiro atoms. The van der Waals surface area contributed by atoms with Crippen molar-refractivity contribution >= 4 is 17.7 Å². The van der Waals surface area contributed by atoms with E-state index in [1.807, 2.05) is 32.0 Å². The first-order valence-corrected chi connectivity index (χ1v) is 7.62. The molecule has 1 aliphatic rings. The van der Waals surface area contributed by atoms with Gasteiger partial charge in [-0.15, -0.1) is 0 Å². The molecule has 1 fully saturated rings. The van der Waals surface area contributed by atoms with Crippen molar-refractivity contribution in [3.63, 3.8) is 0 Å². The van der Waals surface area contributed by atoms with Crippen molar-refractivity contribution in [2.24, 2.45) is 0 Å². The Hall–Kier alpha value is -2.05. The van der Waals surface area contributed by atoms with Crippen LogP contribution in [0.25, 0.3) is 0 Å². The molecule has 0 radical (unpaired) electrons. The number of anilines is 2. The number of aryl methyl sites for hydroxylation is 1. The van der Waals surface area contributed by atoms with E-state index in [-0.39, 0.29) is 12.1 Å². The Morgan fingerprint density at radius 1 is 1.23 bits per heavy atom. The van der Waals surface area contributed by atoms with E-state index in [0.717, 1.165) is 43.1 Å². The molecule has 7 nitrogen and oxygen atoms in total. The molecule has 0 unspecified atom stereocenters. The van der Waals surface area contributed by atoms with Crippen LogP contribution in [0.2, 0.25) is 0 Å². The lowest BCUT2D eigenvalue weighted by Gasteiger charge is -2.29. The first kappa shape index (κ1) is 16.3. The minimum atomic E-state index is -0.349. The predicted molar refractivity (Wildman–Crippen MR) is 86.3 cm³/mol. The normalized spacial score (nSPS) is 21.1. The molecule has 1 heterocycles. The number of carbonyl (C=O) groups is 1. The number of nitrogens with zero attached hydrogens (tertiary/aromatic N) is 3. The molecule has 2 N–H and O–H groups in total. The fraction of sp³-hybridized carbons (Fsp3) is 0.667. The van der Waals surface area contributed by atoms with Crippen molar-refractivity contribution in [3.05, 3.63) is 11.9 Å². The Balaban J connectivity index is 1.89. The third-order valence-electron chi connectivity index (χ3n) is 3.87. The zero-order valence-corrected chi connectivity index (χ0v) is 13.7. The summed E-state index contributed by atoms with van der Waals surface area (Å²) in [6.45, 7) is 1.90. The van der Waals surface area contributed by atoms with Crippen molar-refractivity contribution in [2.75, 3.05) is 31.4 Å². The fourth-order valence-corrected chi connectivity index (χ4v) is 2.67. The zero-order chi connectivity index (χ0) is 16.1. The van der Waals surface area contributed by atoms with Crippen molar-refractivity contribution in [3.8, 4) is 0 Å². The number of ether oxygens (including phenoxy) is 1. The maximum absolute atomic E-state index is 11.2. The maximum Gasteiger partial charge on any atom is 0.407 e. The highest BCUT2D eigenvalue weighted by Crippen LogP contribution is 2.23. The Morgan fingerprint density at radius 2 is 1.86 bits per heavy atom. The van der Waals surface area contributed by atoms with Gasteiger partial charge < -0.3 is 20.3 Å². The van der Waals surface area contributed by atoms with E-state index in [0.29, 0.717) is 6.04 Å². The summed E-state index contributed by atoms with van der Waals surface area (Å²) < 4.78 is 4.64. The van der Waals surface area contributed by atoms with Crippen LogP contribution in [-0.4, -0.2) is 49.4 Å². The smallest absolute Gasteiger partial charge is 0.407 e. The summed E-state index contributed by atoms with van der Waals surface area (Å²) in [7, 11) is 5.33. The molecule has 1 amide bonds. The lowest BCUT2D eigenvalue weighted by molar-refractivity contribution is 0.162. The summed E-state index contributed by atoms with van der Waals surface area (Å²) in [6.07, 6.45) is 3.53. The lowest BCUT2D eigenvalue weighted by Crippen LogP contribution is -2.40.